The lowest BCUT2D eigenvalue weighted by Gasteiger charge is -2.23. The molecule has 0 aromatic heterocycles. The highest BCUT2D eigenvalue weighted by atomic mass is 32.2. The van der Waals surface area contributed by atoms with E-state index in [1.165, 1.54) is 17.3 Å². The van der Waals surface area contributed by atoms with Crippen LogP contribution in [0.5, 0.6) is 0 Å². The van der Waals surface area contributed by atoms with E-state index in [1.54, 1.807) is 0 Å². The van der Waals surface area contributed by atoms with Crippen molar-refractivity contribution in [1.82, 2.24) is 10.6 Å². The Balaban J connectivity index is 1.62. The summed E-state index contributed by atoms with van der Waals surface area (Å²) in [6, 6.07) is -1.89. The monoisotopic (exact) mass is 553 g/mol. The number of epoxide rings is 1. The molecule has 3 aliphatic rings. The van der Waals surface area contributed by atoms with Crippen molar-refractivity contribution < 1.29 is 38.9 Å². The normalized spacial score (nSPS) is 31.3. The summed E-state index contributed by atoms with van der Waals surface area (Å²) in [6.45, 7) is 7.49. The fourth-order valence-electron chi connectivity index (χ4n) is 5.08. The van der Waals surface area contributed by atoms with Crippen molar-refractivity contribution in [1.29, 1.82) is 0 Å². The number of esters is 1. The number of carbonyl (C=O) groups is 4. The van der Waals surface area contributed by atoms with Gasteiger partial charge in [-0.2, -0.15) is 11.8 Å². The van der Waals surface area contributed by atoms with Crippen LogP contribution in [0.25, 0.3) is 0 Å². The molecule has 0 radical (unpaired) electrons. The smallest absolute Gasteiger partial charge is 0.322 e. The summed E-state index contributed by atoms with van der Waals surface area (Å²) < 4.78 is 11.9. The number of carbonyl (C=O) groups excluding carboxylic acids is 2. The molecule has 3 rings (SSSR count). The van der Waals surface area contributed by atoms with Crippen molar-refractivity contribution in [3.8, 4) is 0 Å². The van der Waals surface area contributed by atoms with E-state index >= 15 is 0 Å². The predicted octanol–water partition coefficient (Wildman–Crippen LogP) is 1.42. The Morgan fingerprint density at radius 2 is 2.08 bits per heavy atom. The van der Waals surface area contributed by atoms with Crippen LogP contribution in [0.1, 0.15) is 52.4 Å². The van der Waals surface area contributed by atoms with E-state index in [1.807, 2.05) is 0 Å². The van der Waals surface area contributed by atoms with Gasteiger partial charge in [0.15, 0.2) is 0 Å². The number of allylic oxidation sites excluding steroid dienone is 3. The number of hydrogen-bond acceptors (Lipinski definition) is 9. The zero-order valence-corrected chi connectivity index (χ0v) is 22.8. The number of aliphatic carboxylic acids is 2. The molecule has 2 saturated heterocycles. The summed E-state index contributed by atoms with van der Waals surface area (Å²) in [5.41, 5.74) is 6.98. The maximum atomic E-state index is 12.9. The lowest BCUT2D eigenvalue weighted by Crippen LogP contribution is -2.47. The molecule has 0 bridgehead atoms. The van der Waals surface area contributed by atoms with Gasteiger partial charge in [-0.05, 0) is 52.4 Å². The average Bonchev–Trinajstić information content (AvgIpc) is 3.42. The van der Waals surface area contributed by atoms with E-state index in [0.717, 1.165) is 25.7 Å². The van der Waals surface area contributed by atoms with Crippen molar-refractivity contribution in [2.24, 2.45) is 17.6 Å². The minimum absolute atomic E-state index is 0.00277. The van der Waals surface area contributed by atoms with Gasteiger partial charge in [-0.25, -0.2) is 0 Å². The fourth-order valence-corrected chi connectivity index (χ4v) is 6.33. The second-order valence-electron chi connectivity index (χ2n) is 10.6. The summed E-state index contributed by atoms with van der Waals surface area (Å²) in [5, 5.41) is 23.2. The van der Waals surface area contributed by atoms with E-state index in [0.29, 0.717) is 11.4 Å². The number of hydrogen-bond donors (Lipinski definition) is 5. The van der Waals surface area contributed by atoms with E-state index in [-0.39, 0.29) is 54.2 Å². The van der Waals surface area contributed by atoms with E-state index in [9.17, 15) is 19.2 Å². The van der Waals surface area contributed by atoms with Crippen LogP contribution in [0.15, 0.2) is 23.9 Å². The molecule has 0 aromatic rings. The van der Waals surface area contributed by atoms with Crippen LogP contribution >= 0.6 is 11.8 Å². The van der Waals surface area contributed by atoms with E-state index in [2.05, 4.69) is 37.1 Å². The molecule has 7 atom stereocenters. The van der Waals surface area contributed by atoms with Crippen LogP contribution in [-0.2, 0) is 28.7 Å². The van der Waals surface area contributed by atoms with Crippen molar-refractivity contribution in [3.63, 3.8) is 0 Å². The Bertz CT molecular complexity index is 972. The number of carboxylic acids is 2. The van der Waals surface area contributed by atoms with Crippen LogP contribution in [-0.4, -0.2) is 82.0 Å². The molecule has 2 heterocycles. The number of carboxylic acid groups (broad SMARTS) is 2. The van der Waals surface area contributed by atoms with Gasteiger partial charge in [0.05, 0.1) is 11.5 Å². The molecular weight excluding hydrogens is 514 g/mol. The summed E-state index contributed by atoms with van der Waals surface area (Å²) in [6.07, 6.45) is 5.73. The maximum absolute atomic E-state index is 12.9. The summed E-state index contributed by atoms with van der Waals surface area (Å²) >= 11 is 1.40. The van der Waals surface area contributed by atoms with Crippen LogP contribution in [0.4, 0.5) is 0 Å². The Labute approximate surface area is 226 Å². The van der Waals surface area contributed by atoms with Gasteiger partial charge in [-0.15, -0.1) is 0 Å². The van der Waals surface area contributed by atoms with Crippen LogP contribution in [0.2, 0.25) is 0 Å². The Morgan fingerprint density at radius 3 is 2.76 bits per heavy atom. The van der Waals surface area contributed by atoms with Gasteiger partial charge in [-0.3, -0.25) is 19.2 Å². The third-order valence-electron chi connectivity index (χ3n) is 7.50. The lowest BCUT2D eigenvalue weighted by molar-refractivity contribution is -0.144. The minimum atomic E-state index is -1.18. The molecule has 2 fully saturated rings. The van der Waals surface area contributed by atoms with Gasteiger partial charge >= 0.3 is 17.9 Å². The van der Waals surface area contributed by atoms with Gasteiger partial charge in [0.2, 0.25) is 5.91 Å². The van der Waals surface area contributed by atoms with Gasteiger partial charge in [0, 0.05) is 23.1 Å². The molecule has 1 amide bonds. The molecule has 38 heavy (non-hydrogen) atoms. The minimum Gasteiger partial charge on any atom is -0.480 e. The molecule has 3 unspecified atom stereocenters. The Morgan fingerprint density at radius 1 is 1.34 bits per heavy atom. The van der Waals surface area contributed by atoms with Gasteiger partial charge < -0.3 is 36.1 Å². The number of thioether (sulfide) groups is 1. The highest BCUT2D eigenvalue weighted by Crippen LogP contribution is 2.50. The zero-order chi connectivity index (χ0) is 28.0. The fraction of sp³-hybridized carbons (Fsp3) is 0.692. The van der Waals surface area contributed by atoms with E-state index in [4.69, 9.17) is 25.4 Å². The molecule has 0 saturated carbocycles. The van der Waals surface area contributed by atoms with Crippen LogP contribution in [0.3, 0.4) is 0 Å². The highest BCUT2D eigenvalue weighted by molar-refractivity contribution is 7.99. The van der Waals surface area contributed by atoms with Crippen molar-refractivity contribution in [2.75, 3.05) is 18.1 Å². The van der Waals surface area contributed by atoms with Gasteiger partial charge in [-0.1, -0.05) is 18.2 Å². The van der Waals surface area contributed by atoms with Crippen LogP contribution < -0.4 is 16.4 Å². The largest absolute Gasteiger partial charge is 0.480 e. The first-order valence-corrected chi connectivity index (χ1v) is 14.1. The summed E-state index contributed by atoms with van der Waals surface area (Å²) in [4.78, 5) is 47.5. The second-order valence-corrected chi connectivity index (χ2v) is 11.7. The molecule has 2 aliphatic heterocycles. The number of ether oxygens (including phenoxy) is 2. The molecule has 1 aliphatic carbocycles. The molecule has 0 aromatic carbocycles. The number of nitrogens with two attached hydrogens (primary N) is 1. The van der Waals surface area contributed by atoms with Crippen LogP contribution in [0, 0.1) is 11.8 Å². The van der Waals surface area contributed by atoms with E-state index < -0.39 is 36.5 Å². The van der Waals surface area contributed by atoms with Crippen molar-refractivity contribution in [3.05, 3.63) is 23.9 Å². The Kier molecular flexibility index (Phi) is 10.2. The number of fused-ring (bicyclic) bond motifs is 3. The van der Waals surface area contributed by atoms with Gasteiger partial charge in [0.25, 0.3) is 0 Å². The standard InChI is InChI=1S/C26H39N3O8S/c1-14-5-4-10-26(3)22(37-26)21-16(8-6-14)17(25(35)36-21)12-38-13-19(23(32)28-11-20(30)31)29-15(2)7-9-18(27)24(33)34/h5,16-19,21-22,29H,2,4,6-13,27H2,1,3H3,(H,28,32)(H,30,31)(H,33,34)/b14-5+/t16?,17?,18?,19-,21-,22-,26+/m0/s1. The molecule has 11 nitrogen and oxygen atoms in total. The highest BCUT2D eigenvalue weighted by Gasteiger charge is 2.62. The molecule has 12 heteroatoms. The first kappa shape index (κ1) is 30.0. The van der Waals surface area contributed by atoms with Crippen molar-refractivity contribution in [2.45, 2.75) is 82.3 Å². The zero-order valence-electron chi connectivity index (χ0n) is 21.9. The molecule has 212 valence electrons. The Hall–Kier alpha value is -2.57. The molecule has 6 N–H and O–H groups in total. The SMILES string of the molecule is C=C(CCC(N)C(=O)O)N[C@@H](CSCC1C(=O)O[C@H]2C1CC/C(C)=C/CC[C@@]1(C)O[C@@H]21)C(=O)NCC(=O)O. The third-order valence-corrected chi connectivity index (χ3v) is 8.67. The maximum Gasteiger partial charge on any atom is 0.322 e. The average molecular weight is 554 g/mol. The quantitative estimate of drug-likeness (QED) is 0.126. The second kappa shape index (κ2) is 13.0. The number of nitrogens with one attached hydrogen (secondary N) is 2. The first-order valence-electron chi connectivity index (χ1n) is 12.9. The lowest BCUT2D eigenvalue weighted by atomic mass is 9.81. The summed E-state index contributed by atoms with van der Waals surface area (Å²) in [5.74, 6) is -2.75. The molecular formula is C26H39N3O8S. The predicted molar refractivity (Wildman–Crippen MR) is 141 cm³/mol. The third kappa shape index (κ3) is 7.97. The number of rotatable bonds is 13. The van der Waals surface area contributed by atoms with Crippen molar-refractivity contribution >= 4 is 35.6 Å². The molecule has 0 spiro atoms. The number of amides is 1. The first-order chi connectivity index (χ1) is 17.9. The van der Waals surface area contributed by atoms with Gasteiger partial charge in [0.1, 0.15) is 30.8 Å². The summed E-state index contributed by atoms with van der Waals surface area (Å²) in [7, 11) is 0. The topological polar surface area (TPSA) is 181 Å².